The highest BCUT2D eigenvalue weighted by molar-refractivity contribution is 5.95. The lowest BCUT2D eigenvalue weighted by molar-refractivity contribution is -0.118. The van der Waals surface area contributed by atoms with E-state index >= 15 is 0 Å². The van der Waals surface area contributed by atoms with E-state index in [4.69, 9.17) is 14.2 Å². The molecule has 1 atom stereocenters. The van der Waals surface area contributed by atoms with Crippen LogP contribution in [0.15, 0.2) is 36.5 Å². The molecule has 2 amide bonds. The van der Waals surface area contributed by atoms with Gasteiger partial charge >= 0.3 is 6.09 Å². The van der Waals surface area contributed by atoms with Crippen LogP contribution < -0.4 is 25.0 Å². The van der Waals surface area contributed by atoms with E-state index in [0.29, 0.717) is 36.4 Å². The summed E-state index contributed by atoms with van der Waals surface area (Å²) in [5, 5.41) is 6.00. The molecule has 3 aromatic heterocycles. The van der Waals surface area contributed by atoms with E-state index in [1.807, 2.05) is 12.1 Å². The molecule has 0 saturated carbocycles. The highest BCUT2D eigenvalue weighted by Gasteiger charge is 2.33. The number of ether oxygens (including phenoxy) is 3. The van der Waals surface area contributed by atoms with Gasteiger partial charge in [-0.1, -0.05) is 0 Å². The number of amides is 2. The van der Waals surface area contributed by atoms with Crippen LogP contribution in [0, 0.1) is 0 Å². The average molecular weight is 464 g/mol. The zero-order chi connectivity index (χ0) is 23.5. The Morgan fingerprint density at radius 2 is 2.12 bits per heavy atom. The van der Waals surface area contributed by atoms with Crippen molar-refractivity contribution in [3.63, 3.8) is 0 Å². The normalized spacial score (nSPS) is 17.2. The maximum atomic E-state index is 12.4. The number of nitrogens with one attached hydrogen (secondary N) is 2. The van der Waals surface area contributed by atoms with Crippen LogP contribution >= 0.6 is 0 Å². The van der Waals surface area contributed by atoms with Crippen molar-refractivity contribution in [1.82, 2.24) is 20.3 Å². The molecule has 1 saturated heterocycles. The summed E-state index contributed by atoms with van der Waals surface area (Å²) in [4.78, 5) is 38.6. The van der Waals surface area contributed by atoms with E-state index in [1.165, 1.54) is 4.90 Å². The fraction of sp³-hybridized carbons (Fsp3) is 0.348. The molecule has 5 rings (SSSR count). The molecule has 176 valence electrons. The lowest BCUT2D eigenvalue weighted by Gasteiger charge is -2.19. The summed E-state index contributed by atoms with van der Waals surface area (Å²) in [5.74, 6) is 1.47. The van der Waals surface area contributed by atoms with Gasteiger partial charge in [-0.25, -0.2) is 14.8 Å². The molecule has 5 heterocycles. The second kappa shape index (κ2) is 9.48. The Labute approximate surface area is 195 Å². The molecule has 2 aliphatic rings. The molecule has 0 radical (unpaired) electrons. The number of aromatic nitrogens is 3. The van der Waals surface area contributed by atoms with E-state index in [-0.39, 0.29) is 18.6 Å². The Morgan fingerprint density at radius 1 is 1.21 bits per heavy atom. The number of rotatable bonds is 8. The van der Waals surface area contributed by atoms with Crippen molar-refractivity contribution < 1.29 is 23.8 Å². The van der Waals surface area contributed by atoms with Crippen molar-refractivity contribution in [3.05, 3.63) is 42.1 Å². The Bertz CT molecular complexity index is 1240. The minimum absolute atomic E-state index is 0.0460. The molecule has 0 spiro atoms. The predicted molar refractivity (Wildman–Crippen MR) is 123 cm³/mol. The monoisotopic (exact) mass is 464 g/mol. The molecule has 0 aromatic carbocycles. The third kappa shape index (κ3) is 4.55. The van der Waals surface area contributed by atoms with Crippen molar-refractivity contribution in [2.75, 3.05) is 43.6 Å². The van der Waals surface area contributed by atoms with Crippen LogP contribution in [0.4, 0.5) is 16.4 Å². The molecule has 34 heavy (non-hydrogen) atoms. The van der Waals surface area contributed by atoms with Gasteiger partial charge in [0.15, 0.2) is 18.2 Å². The van der Waals surface area contributed by atoms with Gasteiger partial charge < -0.3 is 24.8 Å². The topological polar surface area (TPSA) is 128 Å². The summed E-state index contributed by atoms with van der Waals surface area (Å²) in [5.41, 5.74) is 2.80. The smallest absolute Gasteiger partial charge is 0.416 e. The number of methoxy groups -OCH3 is 1. The van der Waals surface area contributed by atoms with E-state index in [1.54, 1.807) is 31.5 Å². The van der Waals surface area contributed by atoms with Crippen LogP contribution in [0.2, 0.25) is 0 Å². The number of hydrogen-bond acceptors (Lipinski definition) is 9. The maximum absolute atomic E-state index is 12.4. The van der Waals surface area contributed by atoms with Gasteiger partial charge in [-0.15, -0.1) is 0 Å². The van der Waals surface area contributed by atoms with Gasteiger partial charge in [0.25, 0.3) is 5.91 Å². The van der Waals surface area contributed by atoms with Gasteiger partial charge in [-0.05, 0) is 49.2 Å². The number of anilines is 2. The van der Waals surface area contributed by atoms with Crippen molar-refractivity contribution in [2.24, 2.45) is 0 Å². The number of hydrogen-bond donors (Lipinski definition) is 2. The lowest BCUT2D eigenvalue weighted by atomic mass is 10.1. The van der Waals surface area contributed by atoms with Gasteiger partial charge in [0.2, 0.25) is 5.88 Å². The predicted octanol–water partition coefficient (Wildman–Crippen LogP) is 1.91. The van der Waals surface area contributed by atoms with Crippen molar-refractivity contribution >= 4 is 34.7 Å². The number of nitrogens with zero attached hydrogens (tertiary/aromatic N) is 4. The molecule has 0 unspecified atom stereocenters. The first-order valence-corrected chi connectivity index (χ1v) is 11.0. The number of fused-ring (bicyclic) bond motifs is 2. The highest BCUT2D eigenvalue weighted by Crippen LogP contribution is 2.30. The summed E-state index contributed by atoms with van der Waals surface area (Å²) in [7, 11) is 1.60. The summed E-state index contributed by atoms with van der Waals surface area (Å²) in [6.07, 6.45) is 2.73. The van der Waals surface area contributed by atoms with E-state index < -0.39 is 6.09 Å². The molecule has 0 bridgehead atoms. The van der Waals surface area contributed by atoms with Crippen LogP contribution in [0.1, 0.15) is 12.0 Å². The first-order valence-electron chi connectivity index (χ1n) is 11.0. The van der Waals surface area contributed by atoms with Gasteiger partial charge in [0.1, 0.15) is 11.9 Å². The first-order chi connectivity index (χ1) is 16.6. The number of cyclic esters (lactones) is 1. The fourth-order valence-electron chi connectivity index (χ4n) is 3.96. The molecule has 1 fully saturated rings. The number of carbonyl (C=O) groups is 2. The number of pyridine rings is 3. The Hall–Kier alpha value is -3.99. The Kier molecular flexibility index (Phi) is 6.09. The van der Waals surface area contributed by atoms with Gasteiger partial charge in [0.05, 0.1) is 24.7 Å². The average Bonchev–Trinajstić information content (AvgIpc) is 3.23. The fourth-order valence-corrected chi connectivity index (χ4v) is 3.96. The third-order valence-corrected chi connectivity index (χ3v) is 5.63. The largest absolute Gasteiger partial charge is 0.481 e. The van der Waals surface area contributed by atoms with Crippen LogP contribution in [0.25, 0.3) is 11.0 Å². The van der Waals surface area contributed by atoms with Crippen LogP contribution in [-0.4, -0.2) is 66.4 Å². The molecular weight excluding hydrogens is 440 g/mol. The molecule has 11 heteroatoms. The maximum Gasteiger partial charge on any atom is 0.416 e. The standard InChI is InChI=1S/C23H24N6O5/c1-32-20-7-4-16-21(28-20)14(8-10-25-16)3-2-9-24-11-15-12-29(23(31)34-15)18-6-5-17-22(26-18)27-19(30)13-33-17/h4-8,10,15,24H,2-3,9,11-13H2,1H3,(H,26,27,30)/t15-/m1/s1. The second-order valence-corrected chi connectivity index (χ2v) is 7.97. The molecule has 3 aromatic rings. The van der Waals surface area contributed by atoms with Crippen LogP contribution in [0.5, 0.6) is 11.6 Å². The molecule has 0 aliphatic carbocycles. The molecular formula is C23H24N6O5. The summed E-state index contributed by atoms with van der Waals surface area (Å²) >= 11 is 0. The number of aryl methyl sites for hydroxylation is 1. The Morgan fingerprint density at radius 3 is 3.00 bits per heavy atom. The minimum Gasteiger partial charge on any atom is -0.481 e. The summed E-state index contributed by atoms with van der Waals surface area (Å²) < 4.78 is 16.0. The minimum atomic E-state index is -0.467. The quantitative estimate of drug-likeness (QED) is 0.481. The van der Waals surface area contributed by atoms with Crippen molar-refractivity contribution in [2.45, 2.75) is 18.9 Å². The SMILES string of the molecule is COc1ccc2nccc(CCCNC[C@@H]3CN(c4ccc5c(n4)NC(=O)CO5)C(=O)O3)c2n1. The lowest BCUT2D eigenvalue weighted by Crippen LogP contribution is -2.32. The second-order valence-electron chi connectivity index (χ2n) is 7.97. The first kappa shape index (κ1) is 21.8. The Balaban J connectivity index is 1.12. The van der Waals surface area contributed by atoms with E-state index in [0.717, 1.165) is 36.0 Å². The van der Waals surface area contributed by atoms with Gasteiger partial charge in [-0.3, -0.25) is 14.7 Å². The molecule has 2 N–H and O–H groups in total. The molecule has 11 nitrogen and oxygen atoms in total. The summed E-state index contributed by atoms with van der Waals surface area (Å²) in [6.45, 7) is 1.60. The van der Waals surface area contributed by atoms with Crippen LogP contribution in [0.3, 0.4) is 0 Å². The van der Waals surface area contributed by atoms with Crippen molar-refractivity contribution in [1.29, 1.82) is 0 Å². The highest BCUT2D eigenvalue weighted by atomic mass is 16.6. The zero-order valence-corrected chi connectivity index (χ0v) is 18.6. The summed E-state index contributed by atoms with van der Waals surface area (Å²) in [6, 6.07) is 9.04. The van der Waals surface area contributed by atoms with Crippen molar-refractivity contribution in [3.8, 4) is 11.6 Å². The van der Waals surface area contributed by atoms with Gasteiger partial charge in [-0.2, -0.15) is 0 Å². The van der Waals surface area contributed by atoms with E-state index in [2.05, 4.69) is 25.6 Å². The van der Waals surface area contributed by atoms with Crippen LogP contribution in [-0.2, 0) is 16.0 Å². The number of carbonyl (C=O) groups excluding carboxylic acids is 2. The molecule has 2 aliphatic heterocycles. The third-order valence-electron chi connectivity index (χ3n) is 5.63. The zero-order valence-electron chi connectivity index (χ0n) is 18.6. The van der Waals surface area contributed by atoms with E-state index in [9.17, 15) is 9.59 Å². The van der Waals surface area contributed by atoms with Gasteiger partial charge in [0, 0.05) is 18.8 Å².